The molecule has 0 spiro atoms. The highest BCUT2D eigenvalue weighted by Gasteiger charge is 2.09. The third-order valence-electron chi connectivity index (χ3n) is 3.16. The molecule has 0 fully saturated rings. The van der Waals surface area contributed by atoms with E-state index in [1.165, 1.54) is 0 Å². The van der Waals surface area contributed by atoms with Gasteiger partial charge in [-0.05, 0) is 33.6 Å². The molecule has 0 aliphatic heterocycles. The van der Waals surface area contributed by atoms with Crippen LogP contribution in [0, 0.1) is 11.3 Å². The van der Waals surface area contributed by atoms with Crippen molar-refractivity contribution in [1.29, 1.82) is 5.26 Å². The molecular weight excluding hydrogens is 328 g/mol. The third kappa shape index (κ3) is 2.86. The number of pyridine rings is 1. The van der Waals surface area contributed by atoms with Crippen LogP contribution in [-0.2, 0) is 6.54 Å². The number of hydrogen-bond acceptors (Lipinski definition) is 3. The minimum Gasteiger partial charge on any atom is -0.326 e. The van der Waals surface area contributed by atoms with Gasteiger partial charge >= 0.3 is 0 Å². The summed E-state index contributed by atoms with van der Waals surface area (Å²) in [7, 11) is 0. The van der Waals surface area contributed by atoms with Gasteiger partial charge in [0.1, 0.15) is 5.82 Å². The molecule has 0 saturated heterocycles. The van der Waals surface area contributed by atoms with Gasteiger partial charge in [-0.15, -0.1) is 0 Å². The van der Waals surface area contributed by atoms with Crippen LogP contribution < -0.4 is 0 Å². The minimum absolute atomic E-state index is 0.603. The molecule has 5 heteroatoms. The summed E-state index contributed by atoms with van der Waals surface area (Å²) >= 11 is 3.42. The Hall–Kier alpha value is -2.45. The Kier molecular flexibility index (Phi) is 3.80. The number of nitriles is 1. The maximum absolute atomic E-state index is 9.18. The second-order valence-corrected chi connectivity index (χ2v) is 5.46. The lowest BCUT2D eigenvalue weighted by Gasteiger charge is -2.09. The van der Waals surface area contributed by atoms with E-state index in [9.17, 15) is 5.26 Å². The van der Waals surface area contributed by atoms with Crippen molar-refractivity contribution in [2.24, 2.45) is 0 Å². The number of halogens is 1. The highest BCUT2D eigenvalue weighted by molar-refractivity contribution is 9.10. The summed E-state index contributed by atoms with van der Waals surface area (Å²) in [6.45, 7) is 0.603. The molecule has 4 nitrogen and oxygen atoms in total. The number of aromatic nitrogens is 3. The van der Waals surface area contributed by atoms with Crippen molar-refractivity contribution in [3.05, 3.63) is 70.7 Å². The molecule has 0 saturated carbocycles. The number of benzene rings is 1. The Morgan fingerprint density at radius 2 is 2.10 bits per heavy atom. The molecule has 0 bridgehead atoms. The molecule has 102 valence electrons. The number of nitrogens with zero attached hydrogens (tertiary/aromatic N) is 4. The molecule has 0 amide bonds. The zero-order valence-corrected chi connectivity index (χ0v) is 12.7. The number of rotatable bonds is 3. The van der Waals surface area contributed by atoms with Crippen LogP contribution in [0.5, 0.6) is 0 Å². The second kappa shape index (κ2) is 5.90. The first kappa shape index (κ1) is 13.5. The lowest BCUT2D eigenvalue weighted by molar-refractivity contribution is 0.804. The van der Waals surface area contributed by atoms with Gasteiger partial charge in [0, 0.05) is 34.8 Å². The Morgan fingerprint density at radius 1 is 1.24 bits per heavy atom. The van der Waals surface area contributed by atoms with Crippen LogP contribution >= 0.6 is 15.9 Å². The lowest BCUT2D eigenvalue weighted by Crippen LogP contribution is -2.03. The summed E-state index contributed by atoms with van der Waals surface area (Å²) in [5.74, 6) is 0.830. The fourth-order valence-electron chi connectivity index (χ4n) is 2.18. The van der Waals surface area contributed by atoms with E-state index in [1.807, 2.05) is 41.1 Å². The smallest absolute Gasteiger partial charge is 0.141 e. The normalized spacial score (nSPS) is 10.3. The summed E-state index contributed by atoms with van der Waals surface area (Å²) in [5, 5.41) is 9.18. The third-order valence-corrected chi connectivity index (χ3v) is 3.59. The van der Waals surface area contributed by atoms with E-state index in [-0.39, 0.29) is 0 Å². The highest BCUT2D eigenvalue weighted by atomic mass is 79.9. The van der Waals surface area contributed by atoms with E-state index >= 15 is 0 Å². The molecule has 1 aromatic carbocycles. The van der Waals surface area contributed by atoms with Crippen LogP contribution in [0.1, 0.15) is 11.1 Å². The van der Waals surface area contributed by atoms with Crippen molar-refractivity contribution in [2.45, 2.75) is 6.54 Å². The zero-order chi connectivity index (χ0) is 14.7. The molecule has 0 N–H and O–H groups in total. The molecular formula is C16H11BrN4. The van der Waals surface area contributed by atoms with Crippen molar-refractivity contribution in [3.63, 3.8) is 0 Å². The van der Waals surface area contributed by atoms with Gasteiger partial charge in [-0.2, -0.15) is 5.26 Å². The molecule has 0 aliphatic carbocycles. The summed E-state index contributed by atoms with van der Waals surface area (Å²) in [5.41, 5.74) is 2.59. The van der Waals surface area contributed by atoms with Gasteiger partial charge in [0.15, 0.2) is 0 Å². The summed E-state index contributed by atoms with van der Waals surface area (Å²) in [4.78, 5) is 8.57. The van der Waals surface area contributed by atoms with E-state index in [4.69, 9.17) is 0 Å². The molecule has 3 rings (SSSR count). The van der Waals surface area contributed by atoms with Gasteiger partial charge in [0.05, 0.1) is 18.2 Å². The number of hydrogen-bond donors (Lipinski definition) is 0. The Bertz CT molecular complexity index is 817. The highest BCUT2D eigenvalue weighted by Crippen LogP contribution is 2.21. The quantitative estimate of drug-likeness (QED) is 0.732. The van der Waals surface area contributed by atoms with Gasteiger partial charge in [-0.25, -0.2) is 4.98 Å². The summed E-state index contributed by atoms with van der Waals surface area (Å²) < 4.78 is 2.92. The maximum Gasteiger partial charge on any atom is 0.141 e. The van der Waals surface area contributed by atoms with E-state index in [2.05, 4.69) is 32.0 Å². The largest absolute Gasteiger partial charge is 0.326 e. The summed E-state index contributed by atoms with van der Waals surface area (Å²) in [6.07, 6.45) is 7.18. The van der Waals surface area contributed by atoms with Crippen molar-refractivity contribution in [3.8, 4) is 17.5 Å². The van der Waals surface area contributed by atoms with Crippen molar-refractivity contribution >= 4 is 15.9 Å². The maximum atomic E-state index is 9.18. The monoisotopic (exact) mass is 338 g/mol. The van der Waals surface area contributed by atoms with E-state index < -0.39 is 0 Å². The first-order valence-corrected chi connectivity index (χ1v) is 7.17. The first-order valence-electron chi connectivity index (χ1n) is 6.38. The number of imidazole rings is 1. The predicted octanol–water partition coefficient (Wildman–Crippen LogP) is 3.63. The zero-order valence-electron chi connectivity index (χ0n) is 11.1. The SMILES string of the molecule is N#Cc1ccccc1Cn1ccnc1-c1cncc(Br)c1. The molecule has 3 aromatic rings. The minimum atomic E-state index is 0.603. The van der Waals surface area contributed by atoms with E-state index in [0.29, 0.717) is 12.1 Å². The molecule has 2 aromatic heterocycles. The molecule has 0 radical (unpaired) electrons. The average molecular weight is 339 g/mol. The van der Waals surface area contributed by atoms with Gasteiger partial charge in [-0.1, -0.05) is 18.2 Å². The van der Waals surface area contributed by atoms with E-state index in [1.54, 1.807) is 18.6 Å². The van der Waals surface area contributed by atoms with Crippen LogP contribution in [0.25, 0.3) is 11.4 Å². The Balaban J connectivity index is 1.99. The fraction of sp³-hybridized carbons (Fsp3) is 0.0625. The topological polar surface area (TPSA) is 54.5 Å². The lowest BCUT2D eigenvalue weighted by atomic mass is 10.1. The van der Waals surface area contributed by atoms with E-state index in [0.717, 1.165) is 21.4 Å². The molecule has 2 heterocycles. The standard InChI is InChI=1S/C16H11BrN4/c17-15-7-14(9-19-10-15)16-20-5-6-21(16)11-13-4-2-1-3-12(13)8-18/h1-7,9-10H,11H2. The predicted molar refractivity (Wildman–Crippen MR) is 83.4 cm³/mol. The fourth-order valence-corrected chi connectivity index (χ4v) is 2.55. The van der Waals surface area contributed by atoms with Crippen LogP contribution in [0.4, 0.5) is 0 Å². The first-order chi connectivity index (χ1) is 10.3. The van der Waals surface area contributed by atoms with Crippen LogP contribution in [0.2, 0.25) is 0 Å². The van der Waals surface area contributed by atoms with Gasteiger partial charge < -0.3 is 4.57 Å². The van der Waals surface area contributed by atoms with Crippen LogP contribution in [0.3, 0.4) is 0 Å². The molecule has 0 aliphatic rings. The van der Waals surface area contributed by atoms with Crippen LogP contribution in [-0.4, -0.2) is 14.5 Å². The van der Waals surface area contributed by atoms with Crippen molar-refractivity contribution in [1.82, 2.24) is 14.5 Å². The summed E-state index contributed by atoms with van der Waals surface area (Å²) in [6, 6.07) is 11.8. The Morgan fingerprint density at radius 3 is 2.90 bits per heavy atom. The Labute approximate surface area is 130 Å². The molecule has 0 unspecified atom stereocenters. The second-order valence-electron chi connectivity index (χ2n) is 4.54. The molecule has 21 heavy (non-hydrogen) atoms. The van der Waals surface area contributed by atoms with Gasteiger partial charge in [0.25, 0.3) is 0 Å². The molecule has 0 atom stereocenters. The van der Waals surface area contributed by atoms with Gasteiger partial charge in [0.2, 0.25) is 0 Å². The van der Waals surface area contributed by atoms with Crippen molar-refractivity contribution in [2.75, 3.05) is 0 Å². The van der Waals surface area contributed by atoms with Crippen molar-refractivity contribution < 1.29 is 0 Å². The average Bonchev–Trinajstić information content (AvgIpc) is 2.96. The van der Waals surface area contributed by atoms with Crippen LogP contribution in [0.15, 0.2) is 59.6 Å². The van der Waals surface area contributed by atoms with Gasteiger partial charge in [-0.3, -0.25) is 4.98 Å².